The van der Waals surface area contributed by atoms with Crippen molar-refractivity contribution in [3.05, 3.63) is 71.8 Å². The van der Waals surface area contributed by atoms with Gasteiger partial charge in [0.15, 0.2) is 6.29 Å². The number of aliphatic hydroxyl groups is 1. The van der Waals surface area contributed by atoms with E-state index in [4.69, 9.17) is 18.9 Å². The monoisotopic (exact) mass is 344 g/mol. The lowest BCUT2D eigenvalue weighted by Gasteiger charge is -2.24. The Kier molecular flexibility index (Phi) is 6.55. The molecular weight excluding hydrogens is 320 g/mol. The van der Waals surface area contributed by atoms with Crippen molar-refractivity contribution < 1.29 is 24.1 Å². The molecule has 1 fully saturated rings. The number of benzene rings is 2. The fourth-order valence-electron chi connectivity index (χ4n) is 2.94. The van der Waals surface area contributed by atoms with E-state index >= 15 is 0 Å². The summed E-state index contributed by atoms with van der Waals surface area (Å²) < 4.78 is 23.2. The summed E-state index contributed by atoms with van der Waals surface area (Å²) in [5.74, 6) is 0. The Morgan fingerprint density at radius 1 is 0.840 bits per heavy atom. The molecule has 2 aromatic rings. The molecule has 1 N–H and O–H groups in total. The lowest BCUT2D eigenvalue weighted by atomic mass is 10.1. The Balaban J connectivity index is 1.66. The smallest absolute Gasteiger partial charge is 0.186 e. The molecule has 1 aliphatic heterocycles. The number of methoxy groups -OCH3 is 1. The van der Waals surface area contributed by atoms with Gasteiger partial charge in [-0.15, -0.1) is 0 Å². The Labute approximate surface area is 148 Å². The maximum Gasteiger partial charge on any atom is 0.186 e. The van der Waals surface area contributed by atoms with Crippen LogP contribution in [0.1, 0.15) is 11.1 Å². The molecule has 5 heteroatoms. The third-order valence-electron chi connectivity index (χ3n) is 4.25. The van der Waals surface area contributed by atoms with Crippen LogP contribution < -0.4 is 0 Å². The first-order valence-corrected chi connectivity index (χ1v) is 8.42. The third kappa shape index (κ3) is 4.66. The van der Waals surface area contributed by atoms with Gasteiger partial charge in [0, 0.05) is 7.11 Å². The fraction of sp³-hybridized carbons (Fsp3) is 0.400. The Hall–Kier alpha value is -1.76. The molecule has 4 atom stereocenters. The largest absolute Gasteiger partial charge is 0.394 e. The predicted octanol–water partition coefficient (Wildman–Crippen LogP) is 2.52. The minimum Gasteiger partial charge on any atom is -0.394 e. The van der Waals surface area contributed by atoms with E-state index in [1.807, 2.05) is 60.7 Å². The molecule has 5 nitrogen and oxygen atoms in total. The molecule has 1 aliphatic rings. The van der Waals surface area contributed by atoms with E-state index in [1.54, 1.807) is 7.11 Å². The van der Waals surface area contributed by atoms with E-state index in [9.17, 15) is 5.11 Å². The Bertz CT molecular complexity index is 563. The summed E-state index contributed by atoms with van der Waals surface area (Å²) >= 11 is 0. The van der Waals surface area contributed by atoms with Gasteiger partial charge in [-0.05, 0) is 11.1 Å². The van der Waals surface area contributed by atoms with E-state index in [-0.39, 0.29) is 6.61 Å². The Morgan fingerprint density at radius 3 is 1.84 bits per heavy atom. The van der Waals surface area contributed by atoms with E-state index in [0.717, 1.165) is 11.1 Å². The summed E-state index contributed by atoms with van der Waals surface area (Å²) in [6.07, 6.45) is -1.86. The lowest BCUT2D eigenvalue weighted by molar-refractivity contribution is -0.169. The molecule has 0 amide bonds. The quantitative estimate of drug-likeness (QED) is 0.797. The van der Waals surface area contributed by atoms with Gasteiger partial charge in [0.05, 0.1) is 19.8 Å². The van der Waals surface area contributed by atoms with E-state index in [1.165, 1.54) is 0 Å². The first-order chi connectivity index (χ1) is 12.3. The van der Waals surface area contributed by atoms with Gasteiger partial charge in [0.2, 0.25) is 0 Å². The van der Waals surface area contributed by atoms with Gasteiger partial charge >= 0.3 is 0 Å². The molecule has 1 heterocycles. The summed E-state index contributed by atoms with van der Waals surface area (Å²) in [4.78, 5) is 0. The maximum absolute atomic E-state index is 9.63. The number of ether oxygens (including phenoxy) is 4. The van der Waals surface area contributed by atoms with Gasteiger partial charge in [-0.3, -0.25) is 0 Å². The average molecular weight is 344 g/mol. The Morgan fingerprint density at radius 2 is 1.36 bits per heavy atom. The summed E-state index contributed by atoms with van der Waals surface area (Å²) in [5, 5.41) is 9.63. The molecule has 134 valence electrons. The SMILES string of the molecule is CO[C@@H]1O[C@H](CO)[C@@H](OCc2ccccc2)[C@@H]1OCc1ccccc1. The van der Waals surface area contributed by atoms with Crippen LogP contribution in [0.4, 0.5) is 0 Å². The molecule has 1 saturated heterocycles. The van der Waals surface area contributed by atoms with Crippen molar-refractivity contribution in [2.45, 2.75) is 37.8 Å². The summed E-state index contributed by atoms with van der Waals surface area (Å²) in [6, 6.07) is 19.8. The maximum atomic E-state index is 9.63. The topological polar surface area (TPSA) is 57.2 Å². The number of rotatable bonds is 8. The average Bonchev–Trinajstić information content (AvgIpc) is 3.03. The molecule has 0 unspecified atom stereocenters. The summed E-state index contributed by atoms with van der Waals surface area (Å²) in [6.45, 7) is 0.704. The van der Waals surface area contributed by atoms with Crippen LogP contribution in [0, 0.1) is 0 Å². The zero-order chi connectivity index (χ0) is 17.5. The van der Waals surface area contributed by atoms with Crippen LogP contribution in [-0.4, -0.2) is 43.4 Å². The van der Waals surface area contributed by atoms with Crippen LogP contribution in [0.3, 0.4) is 0 Å². The van der Waals surface area contributed by atoms with E-state index in [2.05, 4.69) is 0 Å². The summed E-state index contributed by atoms with van der Waals surface area (Å²) in [7, 11) is 1.57. The van der Waals surface area contributed by atoms with Crippen molar-refractivity contribution in [3.8, 4) is 0 Å². The van der Waals surface area contributed by atoms with Crippen molar-refractivity contribution >= 4 is 0 Å². The second kappa shape index (κ2) is 9.08. The fourth-order valence-corrected chi connectivity index (χ4v) is 2.94. The van der Waals surface area contributed by atoms with Gasteiger partial charge in [0.25, 0.3) is 0 Å². The zero-order valence-electron chi connectivity index (χ0n) is 14.3. The molecule has 0 aromatic heterocycles. The molecule has 0 radical (unpaired) electrons. The van der Waals surface area contributed by atoms with Crippen molar-refractivity contribution in [2.75, 3.05) is 13.7 Å². The highest BCUT2D eigenvalue weighted by atomic mass is 16.7. The molecule has 25 heavy (non-hydrogen) atoms. The molecule has 0 aliphatic carbocycles. The van der Waals surface area contributed by atoms with Crippen molar-refractivity contribution in [1.82, 2.24) is 0 Å². The standard InChI is InChI=1S/C20H24O5/c1-22-20-19(24-14-16-10-6-3-7-11-16)18(17(12-21)25-20)23-13-15-8-4-2-5-9-15/h2-11,17-21H,12-14H2,1H3/t17-,18-,19+,20-/m1/s1. The van der Waals surface area contributed by atoms with E-state index in [0.29, 0.717) is 13.2 Å². The number of hydrogen-bond donors (Lipinski definition) is 1. The normalized spacial score (nSPS) is 26.0. The zero-order valence-corrected chi connectivity index (χ0v) is 14.3. The van der Waals surface area contributed by atoms with Gasteiger partial charge < -0.3 is 24.1 Å². The highest BCUT2D eigenvalue weighted by Crippen LogP contribution is 2.28. The van der Waals surface area contributed by atoms with Crippen molar-refractivity contribution in [1.29, 1.82) is 0 Å². The van der Waals surface area contributed by atoms with Gasteiger partial charge in [-0.2, -0.15) is 0 Å². The predicted molar refractivity (Wildman–Crippen MR) is 92.8 cm³/mol. The van der Waals surface area contributed by atoms with Crippen LogP contribution in [0.5, 0.6) is 0 Å². The second-order valence-electron chi connectivity index (χ2n) is 5.98. The molecule has 0 spiro atoms. The van der Waals surface area contributed by atoms with Gasteiger partial charge in [-0.1, -0.05) is 60.7 Å². The summed E-state index contributed by atoms with van der Waals surface area (Å²) in [5.41, 5.74) is 2.12. The highest BCUT2D eigenvalue weighted by Gasteiger charge is 2.46. The van der Waals surface area contributed by atoms with Crippen LogP contribution in [0.25, 0.3) is 0 Å². The highest BCUT2D eigenvalue weighted by molar-refractivity contribution is 5.14. The molecular formula is C20H24O5. The van der Waals surface area contributed by atoms with Crippen molar-refractivity contribution in [3.63, 3.8) is 0 Å². The number of aliphatic hydroxyl groups excluding tert-OH is 1. The second-order valence-corrected chi connectivity index (χ2v) is 5.98. The first-order valence-electron chi connectivity index (χ1n) is 8.42. The van der Waals surface area contributed by atoms with Gasteiger partial charge in [-0.25, -0.2) is 0 Å². The molecule has 2 aromatic carbocycles. The molecule has 0 bridgehead atoms. The third-order valence-corrected chi connectivity index (χ3v) is 4.25. The minimum atomic E-state index is -0.568. The van der Waals surface area contributed by atoms with Gasteiger partial charge in [0.1, 0.15) is 18.3 Å². The van der Waals surface area contributed by atoms with Crippen LogP contribution in [0.2, 0.25) is 0 Å². The van der Waals surface area contributed by atoms with Crippen LogP contribution >= 0.6 is 0 Å². The number of hydrogen-bond acceptors (Lipinski definition) is 5. The van der Waals surface area contributed by atoms with Crippen LogP contribution in [-0.2, 0) is 32.2 Å². The molecule has 0 saturated carbocycles. The van der Waals surface area contributed by atoms with Crippen molar-refractivity contribution in [2.24, 2.45) is 0 Å². The minimum absolute atomic E-state index is 0.148. The lowest BCUT2D eigenvalue weighted by Crippen LogP contribution is -2.39. The first kappa shape index (κ1) is 18.0. The molecule has 3 rings (SSSR count). The van der Waals surface area contributed by atoms with E-state index < -0.39 is 24.6 Å². The van der Waals surface area contributed by atoms with Crippen LogP contribution in [0.15, 0.2) is 60.7 Å².